The van der Waals surface area contributed by atoms with E-state index in [0.717, 1.165) is 8.95 Å². The van der Waals surface area contributed by atoms with Crippen LogP contribution in [0.1, 0.15) is 29.6 Å². The second-order valence-electron chi connectivity index (χ2n) is 4.26. The lowest BCUT2D eigenvalue weighted by atomic mass is 10.1. The number of nitriles is 1. The van der Waals surface area contributed by atoms with E-state index in [1.807, 2.05) is 12.1 Å². The molecule has 1 aromatic carbocycles. The molecule has 1 N–H and O–H groups in total. The van der Waals surface area contributed by atoms with E-state index in [-0.39, 0.29) is 5.91 Å². The molecule has 0 saturated carbocycles. The molecule has 0 aliphatic carbocycles. The second-order valence-corrected chi connectivity index (χ2v) is 6.09. The Labute approximate surface area is 139 Å². The number of benzene rings is 1. The lowest BCUT2D eigenvalue weighted by Crippen LogP contribution is -2.41. The Hall–Kier alpha value is -1.39. The van der Waals surface area contributed by atoms with Crippen molar-refractivity contribution >= 4 is 43.7 Å². The van der Waals surface area contributed by atoms with Gasteiger partial charge in [-0.2, -0.15) is 5.26 Å². The van der Waals surface area contributed by atoms with Gasteiger partial charge in [-0.25, -0.2) is 4.79 Å². The largest absolute Gasteiger partial charge is 0.467 e. The normalized spacial score (nSPS) is 11.3. The number of amides is 1. The van der Waals surface area contributed by atoms with Crippen LogP contribution in [0.3, 0.4) is 0 Å². The summed E-state index contributed by atoms with van der Waals surface area (Å²) in [6.07, 6.45) is 1.20. The standard InChI is InChI=1S/C14H14Br2N2O3/c1-21-14(20)12(4-2-3-5-17)18-13(19)9-6-10(15)8-11(16)7-9/h6-8,12H,2-4H2,1H3,(H,18,19)/t12-/m0/s1. The van der Waals surface area contributed by atoms with Gasteiger partial charge >= 0.3 is 5.97 Å². The highest BCUT2D eigenvalue weighted by Gasteiger charge is 2.22. The molecule has 0 bridgehead atoms. The third-order valence-corrected chi connectivity index (χ3v) is 3.61. The summed E-state index contributed by atoms with van der Waals surface area (Å²) >= 11 is 6.61. The maximum atomic E-state index is 12.2. The van der Waals surface area contributed by atoms with E-state index in [9.17, 15) is 9.59 Å². The highest BCUT2D eigenvalue weighted by molar-refractivity contribution is 9.11. The predicted octanol–water partition coefficient (Wildman–Crippen LogP) is 3.18. The van der Waals surface area contributed by atoms with Crippen LogP contribution in [0.15, 0.2) is 27.1 Å². The molecule has 0 aliphatic rings. The summed E-state index contributed by atoms with van der Waals surface area (Å²) in [5, 5.41) is 11.2. The number of ether oxygens (including phenoxy) is 1. The topological polar surface area (TPSA) is 79.2 Å². The number of hydrogen-bond acceptors (Lipinski definition) is 4. The lowest BCUT2D eigenvalue weighted by molar-refractivity contribution is -0.143. The van der Waals surface area contributed by atoms with Crippen LogP contribution in [0.5, 0.6) is 0 Å². The van der Waals surface area contributed by atoms with Crippen LogP contribution < -0.4 is 5.32 Å². The van der Waals surface area contributed by atoms with Crippen molar-refractivity contribution in [3.05, 3.63) is 32.7 Å². The molecule has 0 aromatic heterocycles. The number of halogens is 2. The van der Waals surface area contributed by atoms with Crippen molar-refractivity contribution in [3.63, 3.8) is 0 Å². The Kier molecular flexibility index (Phi) is 7.40. The van der Waals surface area contributed by atoms with Crippen LogP contribution in [-0.2, 0) is 9.53 Å². The number of hydrogen-bond donors (Lipinski definition) is 1. The van der Waals surface area contributed by atoms with Gasteiger partial charge in [0.25, 0.3) is 5.91 Å². The van der Waals surface area contributed by atoms with Crippen molar-refractivity contribution in [3.8, 4) is 6.07 Å². The number of nitrogens with one attached hydrogen (secondary N) is 1. The Morgan fingerprint density at radius 1 is 1.33 bits per heavy atom. The molecule has 112 valence electrons. The maximum Gasteiger partial charge on any atom is 0.328 e. The average molecular weight is 418 g/mol. The van der Waals surface area contributed by atoms with Crippen LogP contribution in [-0.4, -0.2) is 25.0 Å². The Morgan fingerprint density at radius 3 is 2.48 bits per heavy atom. The van der Waals surface area contributed by atoms with Gasteiger partial charge in [0.15, 0.2) is 0 Å². The summed E-state index contributed by atoms with van der Waals surface area (Å²) in [5.74, 6) is -0.889. The van der Waals surface area contributed by atoms with Gasteiger partial charge in [0, 0.05) is 20.9 Å². The van der Waals surface area contributed by atoms with Gasteiger partial charge in [-0.15, -0.1) is 0 Å². The molecule has 1 rings (SSSR count). The lowest BCUT2D eigenvalue weighted by Gasteiger charge is -2.16. The SMILES string of the molecule is COC(=O)[C@H](CCCC#N)NC(=O)c1cc(Br)cc(Br)c1. The molecule has 0 aliphatic heterocycles. The molecule has 21 heavy (non-hydrogen) atoms. The molecule has 7 heteroatoms. The number of methoxy groups -OCH3 is 1. The Morgan fingerprint density at radius 2 is 1.95 bits per heavy atom. The summed E-state index contributed by atoms with van der Waals surface area (Å²) in [5.41, 5.74) is 0.422. The number of carbonyl (C=O) groups is 2. The van der Waals surface area contributed by atoms with Crippen molar-refractivity contribution in [2.45, 2.75) is 25.3 Å². The minimum atomic E-state index is -0.756. The summed E-state index contributed by atoms with van der Waals surface area (Å²) < 4.78 is 6.17. The molecule has 0 heterocycles. The minimum absolute atomic E-state index is 0.325. The fraction of sp³-hybridized carbons (Fsp3) is 0.357. The number of rotatable bonds is 6. The van der Waals surface area contributed by atoms with E-state index in [4.69, 9.17) is 5.26 Å². The Balaban J connectivity index is 2.79. The molecule has 0 unspecified atom stereocenters. The summed E-state index contributed by atoms with van der Waals surface area (Å²) in [4.78, 5) is 23.9. The molecule has 0 saturated heterocycles. The van der Waals surface area contributed by atoms with Gasteiger partial charge in [0.1, 0.15) is 6.04 Å². The van der Waals surface area contributed by atoms with Crippen LogP contribution in [0.25, 0.3) is 0 Å². The minimum Gasteiger partial charge on any atom is -0.467 e. The fourth-order valence-electron chi connectivity index (χ4n) is 1.70. The van der Waals surface area contributed by atoms with Crippen molar-refractivity contribution < 1.29 is 14.3 Å². The molecular formula is C14H14Br2N2O3. The summed E-state index contributed by atoms with van der Waals surface area (Å²) in [6, 6.07) is 6.37. The number of nitrogens with zero attached hydrogens (tertiary/aromatic N) is 1. The average Bonchev–Trinajstić information content (AvgIpc) is 2.44. The first-order valence-corrected chi connectivity index (χ1v) is 7.78. The first kappa shape index (κ1) is 17.7. The van der Waals surface area contributed by atoms with Crippen LogP contribution >= 0.6 is 31.9 Å². The maximum absolute atomic E-state index is 12.2. The highest BCUT2D eigenvalue weighted by atomic mass is 79.9. The molecule has 0 spiro atoms. The first-order chi connectivity index (χ1) is 9.97. The second kappa shape index (κ2) is 8.80. The van der Waals surface area contributed by atoms with E-state index in [0.29, 0.717) is 24.8 Å². The quantitative estimate of drug-likeness (QED) is 0.569. The first-order valence-electron chi connectivity index (χ1n) is 6.19. The monoisotopic (exact) mass is 416 g/mol. The van der Waals surface area contributed by atoms with Gasteiger partial charge in [-0.3, -0.25) is 4.79 Å². The zero-order valence-electron chi connectivity index (χ0n) is 11.4. The number of carbonyl (C=O) groups excluding carboxylic acids is 2. The van der Waals surface area contributed by atoms with E-state index in [1.165, 1.54) is 7.11 Å². The molecule has 0 radical (unpaired) electrons. The third-order valence-electron chi connectivity index (χ3n) is 2.70. The van der Waals surface area contributed by atoms with E-state index >= 15 is 0 Å². The summed E-state index contributed by atoms with van der Waals surface area (Å²) in [6.45, 7) is 0. The van der Waals surface area contributed by atoms with Crippen molar-refractivity contribution in [2.75, 3.05) is 7.11 Å². The number of esters is 1. The number of unbranched alkanes of at least 4 members (excludes halogenated alkanes) is 1. The van der Waals surface area contributed by atoms with Gasteiger partial charge in [0.2, 0.25) is 0 Å². The molecule has 1 atom stereocenters. The molecule has 5 nitrogen and oxygen atoms in total. The van der Waals surface area contributed by atoms with Crippen LogP contribution in [0.4, 0.5) is 0 Å². The zero-order chi connectivity index (χ0) is 15.8. The van der Waals surface area contributed by atoms with Gasteiger partial charge in [-0.05, 0) is 31.0 Å². The molecule has 0 fully saturated rings. The van der Waals surface area contributed by atoms with Crippen molar-refractivity contribution in [1.82, 2.24) is 5.32 Å². The third kappa shape index (κ3) is 5.86. The van der Waals surface area contributed by atoms with Gasteiger partial charge in [-0.1, -0.05) is 31.9 Å². The van der Waals surface area contributed by atoms with Crippen LogP contribution in [0.2, 0.25) is 0 Å². The highest BCUT2D eigenvalue weighted by Crippen LogP contribution is 2.20. The van der Waals surface area contributed by atoms with E-state index < -0.39 is 12.0 Å². The zero-order valence-corrected chi connectivity index (χ0v) is 14.5. The van der Waals surface area contributed by atoms with Gasteiger partial charge < -0.3 is 10.1 Å². The molecule has 1 aromatic rings. The smallest absolute Gasteiger partial charge is 0.328 e. The van der Waals surface area contributed by atoms with Crippen molar-refractivity contribution in [1.29, 1.82) is 5.26 Å². The predicted molar refractivity (Wildman–Crippen MR) is 84.6 cm³/mol. The molecule has 1 amide bonds. The van der Waals surface area contributed by atoms with Crippen molar-refractivity contribution in [2.24, 2.45) is 0 Å². The van der Waals surface area contributed by atoms with Crippen LogP contribution in [0, 0.1) is 11.3 Å². The fourth-order valence-corrected chi connectivity index (χ4v) is 3.00. The molecular weight excluding hydrogens is 404 g/mol. The van der Waals surface area contributed by atoms with Gasteiger partial charge in [0.05, 0.1) is 13.2 Å². The van der Waals surface area contributed by atoms with E-state index in [2.05, 4.69) is 41.9 Å². The van der Waals surface area contributed by atoms with E-state index in [1.54, 1.807) is 12.1 Å². The Bertz CT molecular complexity index is 550. The summed E-state index contributed by atoms with van der Waals surface area (Å²) in [7, 11) is 1.27.